The number of nitrogens with one attached hydrogen (secondary N) is 2. The van der Waals surface area contributed by atoms with Crippen molar-refractivity contribution >= 4 is 17.6 Å². The first-order valence-corrected chi connectivity index (χ1v) is 8.02. The molecule has 0 unspecified atom stereocenters. The van der Waals surface area contributed by atoms with Crippen LogP contribution in [0.25, 0.3) is 0 Å². The number of carbonyl (C=O) groups excluding carboxylic acids is 2. The fourth-order valence-corrected chi connectivity index (χ4v) is 2.09. The van der Waals surface area contributed by atoms with Gasteiger partial charge in [0.2, 0.25) is 5.91 Å². The minimum Gasteiger partial charge on any atom is -0.378 e. The van der Waals surface area contributed by atoms with E-state index < -0.39 is 6.03 Å². The highest BCUT2D eigenvalue weighted by atomic mass is 16.2. The van der Waals surface area contributed by atoms with Crippen LogP contribution in [0.15, 0.2) is 24.3 Å². The molecular formula is C17H28N4O2. The molecule has 3 amide bonds. The van der Waals surface area contributed by atoms with Crippen LogP contribution < -0.4 is 15.5 Å². The predicted molar refractivity (Wildman–Crippen MR) is 93.6 cm³/mol. The number of benzene rings is 1. The maximum absolute atomic E-state index is 11.9. The van der Waals surface area contributed by atoms with Crippen LogP contribution in [0.2, 0.25) is 0 Å². The molecule has 0 saturated carbocycles. The van der Waals surface area contributed by atoms with Crippen molar-refractivity contribution in [2.75, 3.05) is 38.6 Å². The van der Waals surface area contributed by atoms with Gasteiger partial charge in [-0.05, 0) is 30.7 Å². The minimum atomic E-state index is -0.428. The van der Waals surface area contributed by atoms with Gasteiger partial charge in [0, 0.05) is 32.9 Å². The van der Waals surface area contributed by atoms with Crippen LogP contribution in [0.5, 0.6) is 0 Å². The third-order valence-corrected chi connectivity index (χ3v) is 3.46. The molecule has 0 atom stereocenters. The summed E-state index contributed by atoms with van der Waals surface area (Å²) in [5, 5.41) is 4.98. The summed E-state index contributed by atoms with van der Waals surface area (Å²) in [4.78, 5) is 27.4. The summed E-state index contributed by atoms with van der Waals surface area (Å²) >= 11 is 0. The number of amides is 3. The number of carbonyl (C=O) groups is 2. The van der Waals surface area contributed by atoms with Crippen molar-refractivity contribution in [3.8, 4) is 0 Å². The Bertz CT molecular complexity index is 500. The molecule has 6 heteroatoms. The summed E-state index contributed by atoms with van der Waals surface area (Å²) in [6, 6.07) is 7.81. The summed E-state index contributed by atoms with van der Waals surface area (Å²) in [7, 11) is 4.00. The smallest absolute Gasteiger partial charge is 0.321 e. The highest BCUT2D eigenvalue weighted by molar-refractivity contribution is 5.95. The van der Waals surface area contributed by atoms with E-state index in [-0.39, 0.29) is 12.5 Å². The molecule has 0 saturated heterocycles. The molecule has 0 heterocycles. The lowest BCUT2D eigenvalue weighted by Crippen LogP contribution is -2.44. The van der Waals surface area contributed by atoms with Gasteiger partial charge >= 0.3 is 6.03 Å². The summed E-state index contributed by atoms with van der Waals surface area (Å²) in [6.45, 7) is 6.13. The average molecular weight is 320 g/mol. The summed E-state index contributed by atoms with van der Waals surface area (Å²) in [6.07, 6.45) is 0.839. The van der Waals surface area contributed by atoms with Crippen LogP contribution in [0, 0.1) is 0 Å². The molecule has 0 aliphatic rings. The fourth-order valence-electron chi connectivity index (χ4n) is 2.09. The highest BCUT2D eigenvalue weighted by Crippen LogP contribution is 2.13. The molecule has 23 heavy (non-hydrogen) atoms. The normalized spacial score (nSPS) is 10.5. The molecule has 2 N–H and O–H groups in total. The highest BCUT2D eigenvalue weighted by Gasteiger charge is 2.12. The third-order valence-electron chi connectivity index (χ3n) is 3.46. The third kappa shape index (κ3) is 7.15. The van der Waals surface area contributed by atoms with Crippen molar-refractivity contribution in [1.29, 1.82) is 0 Å². The van der Waals surface area contributed by atoms with Crippen molar-refractivity contribution in [1.82, 2.24) is 15.5 Å². The number of hydrogen-bond donors (Lipinski definition) is 2. The molecule has 1 aromatic rings. The Morgan fingerprint density at radius 1 is 1.09 bits per heavy atom. The molecule has 6 nitrogen and oxygen atoms in total. The maximum Gasteiger partial charge on any atom is 0.321 e. The lowest BCUT2D eigenvalue weighted by molar-refractivity contribution is -0.121. The number of rotatable bonds is 8. The fraction of sp³-hybridized carbons (Fsp3) is 0.529. The van der Waals surface area contributed by atoms with Crippen LogP contribution in [0.1, 0.15) is 25.8 Å². The Hall–Kier alpha value is -2.08. The zero-order chi connectivity index (χ0) is 17.2. The van der Waals surface area contributed by atoms with E-state index >= 15 is 0 Å². The number of hydrogen-bond acceptors (Lipinski definition) is 4. The van der Waals surface area contributed by atoms with Crippen molar-refractivity contribution < 1.29 is 9.59 Å². The quantitative estimate of drug-likeness (QED) is 0.767. The Labute approximate surface area is 138 Å². The van der Waals surface area contributed by atoms with Crippen molar-refractivity contribution in [3.05, 3.63) is 29.8 Å². The minimum absolute atomic E-state index is 0.200. The van der Waals surface area contributed by atoms with E-state index in [2.05, 4.69) is 34.9 Å². The van der Waals surface area contributed by atoms with E-state index in [0.717, 1.165) is 24.2 Å². The summed E-state index contributed by atoms with van der Waals surface area (Å²) in [5.74, 6) is -0.287. The molecule has 0 aliphatic carbocycles. The molecule has 128 valence electrons. The van der Waals surface area contributed by atoms with E-state index in [0.29, 0.717) is 13.1 Å². The van der Waals surface area contributed by atoms with E-state index in [1.165, 1.54) is 0 Å². The topological polar surface area (TPSA) is 64.7 Å². The first kappa shape index (κ1) is 19.0. The second-order valence-electron chi connectivity index (χ2n) is 5.67. The Kier molecular flexibility index (Phi) is 8.11. The van der Waals surface area contributed by atoms with Gasteiger partial charge in [-0.1, -0.05) is 26.0 Å². The molecule has 1 aromatic carbocycles. The second-order valence-corrected chi connectivity index (χ2v) is 5.67. The number of likely N-dealkylation sites (N-methyl/N-ethyl adjacent to an activating group) is 1. The Morgan fingerprint density at radius 2 is 1.74 bits per heavy atom. The molecule has 0 aromatic heterocycles. The van der Waals surface area contributed by atoms with E-state index in [1.54, 1.807) is 0 Å². The monoisotopic (exact) mass is 320 g/mol. The Morgan fingerprint density at radius 3 is 2.26 bits per heavy atom. The first-order chi connectivity index (χ1) is 11.0. The second kappa shape index (κ2) is 9.84. The van der Waals surface area contributed by atoms with Gasteiger partial charge in [-0.15, -0.1) is 0 Å². The van der Waals surface area contributed by atoms with Gasteiger partial charge < -0.3 is 10.2 Å². The predicted octanol–water partition coefficient (Wildman–Crippen LogP) is 1.81. The number of anilines is 1. The van der Waals surface area contributed by atoms with Crippen LogP contribution >= 0.6 is 0 Å². The number of imide groups is 1. The molecule has 1 rings (SSSR count). The summed E-state index contributed by atoms with van der Waals surface area (Å²) < 4.78 is 0. The van der Waals surface area contributed by atoms with Crippen molar-refractivity contribution in [3.63, 3.8) is 0 Å². The van der Waals surface area contributed by atoms with Crippen LogP contribution in [0.4, 0.5) is 10.5 Å². The van der Waals surface area contributed by atoms with Crippen molar-refractivity contribution in [2.24, 2.45) is 0 Å². The zero-order valence-corrected chi connectivity index (χ0v) is 14.6. The largest absolute Gasteiger partial charge is 0.378 e. The summed E-state index contributed by atoms with van der Waals surface area (Å²) in [5.41, 5.74) is 2.28. The standard InChI is InChI=1S/C17H28N4O2/c1-5-11-18-17(23)19-16(22)13-21(6-2)12-14-7-9-15(10-8-14)20(3)4/h7-10H,5-6,11-13H2,1-4H3,(H2,18,19,22,23). The Balaban J connectivity index is 2.50. The SMILES string of the molecule is CCCNC(=O)NC(=O)CN(CC)Cc1ccc(N(C)C)cc1. The first-order valence-electron chi connectivity index (χ1n) is 8.02. The van der Waals surface area contributed by atoms with Gasteiger partial charge in [0.25, 0.3) is 0 Å². The van der Waals surface area contributed by atoms with Gasteiger partial charge in [0.15, 0.2) is 0 Å². The maximum atomic E-state index is 11.9. The number of nitrogens with zero attached hydrogens (tertiary/aromatic N) is 2. The average Bonchev–Trinajstić information content (AvgIpc) is 2.52. The van der Waals surface area contributed by atoms with E-state index in [4.69, 9.17) is 0 Å². The van der Waals surface area contributed by atoms with Gasteiger partial charge in [-0.3, -0.25) is 15.0 Å². The van der Waals surface area contributed by atoms with Gasteiger partial charge in [-0.25, -0.2) is 4.79 Å². The van der Waals surface area contributed by atoms with Gasteiger partial charge in [0.1, 0.15) is 0 Å². The van der Waals surface area contributed by atoms with Crippen molar-refractivity contribution in [2.45, 2.75) is 26.8 Å². The lowest BCUT2D eigenvalue weighted by Gasteiger charge is -2.20. The number of urea groups is 1. The van der Waals surface area contributed by atoms with Crippen LogP contribution in [-0.2, 0) is 11.3 Å². The molecule has 0 spiro atoms. The van der Waals surface area contributed by atoms with Crippen LogP contribution in [0.3, 0.4) is 0 Å². The van der Waals surface area contributed by atoms with Gasteiger partial charge in [-0.2, -0.15) is 0 Å². The van der Waals surface area contributed by atoms with E-state index in [1.807, 2.05) is 37.7 Å². The molecule has 0 fully saturated rings. The van der Waals surface area contributed by atoms with Crippen LogP contribution in [-0.4, -0.2) is 50.6 Å². The van der Waals surface area contributed by atoms with E-state index in [9.17, 15) is 9.59 Å². The molecular weight excluding hydrogens is 292 g/mol. The molecule has 0 aliphatic heterocycles. The zero-order valence-electron chi connectivity index (χ0n) is 14.6. The molecule has 0 bridgehead atoms. The lowest BCUT2D eigenvalue weighted by atomic mass is 10.2. The van der Waals surface area contributed by atoms with Gasteiger partial charge in [0.05, 0.1) is 6.54 Å². The molecule has 0 radical (unpaired) electrons.